The van der Waals surface area contributed by atoms with Gasteiger partial charge < -0.3 is 21.4 Å². The van der Waals surface area contributed by atoms with Crippen molar-refractivity contribution in [3.63, 3.8) is 0 Å². The molecule has 1 amide bonds. The third kappa shape index (κ3) is 6.20. The van der Waals surface area contributed by atoms with Crippen molar-refractivity contribution >= 4 is 17.4 Å². The molecule has 1 heterocycles. The normalized spacial score (nSPS) is 11.9. The number of aliphatic imine (C=N–C) groups is 1. The maximum atomic E-state index is 12.3. The number of aryl methyl sites for hydroxylation is 1. The Hall–Kier alpha value is -1.98. The van der Waals surface area contributed by atoms with Gasteiger partial charge in [-0.3, -0.25) is 9.79 Å². The van der Waals surface area contributed by atoms with E-state index in [-0.39, 0.29) is 5.91 Å². The summed E-state index contributed by atoms with van der Waals surface area (Å²) in [6.45, 7) is 8.36. The van der Waals surface area contributed by atoms with Crippen LogP contribution in [0.1, 0.15) is 50.5 Å². The molecule has 1 rings (SSSR count). The summed E-state index contributed by atoms with van der Waals surface area (Å²) in [5.74, 6) is 1.04. The number of nitrogens with zero attached hydrogens (tertiary/aromatic N) is 2. The summed E-state index contributed by atoms with van der Waals surface area (Å²) < 4.78 is 1.92. The number of anilines is 1. The number of amides is 1. The van der Waals surface area contributed by atoms with E-state index in [1.807, 2.05) is 17.7 Å². The van der Waals surface area contributed by atoms with Gasteiger partial charge in [0, 0.05) is 32.3 Å². The van der Waals surface area contributed by atoms with Crippen molar-refractivity contribution < 1.29 is 4.79 Å². The second kappa shape index (κ2) is 9.12. The molecule has 0 aliphatic heterocycles. The highest BCUT2D eigenvalue weighted by Gasteiger charge is 2.12. The highest BCUT2D eigenvalue weighted by Crippen LogP contribution is 2.13. The highest BCUT2D eigenvalue weighted by molar-refractivity contribution is 5.94. The van der Waals surface area contributed by atoms with Crippen molar-refractivity contribution in [1.29, 1.82) is 0 Å². The lowest BCUT2D eigenvalue weighted by atomic mass is 10.1. The van der Waals surface area contributed by atoms with Gasteiger partial charge in [-0.05, 0) is 24.8 Å². The van der Waals surface area contributed by atoms with E-state index in [4.69, 9.17) is 11.5 Å². The molecular weight excluding hydrogens is 278 g/mol. The summed E-state index contributed by atoms with van der Waals surface area (Å²) in [7, 11) is 0. The van der Waals surface area contributed by atoms with Crippen LogP contribution in [-0.4, -0.2) is 29.4 Å². The van der Waals surface area contributed by atoms with E-state index in [1.165, 1.54) is 0 Å². The fraction of sp³-hybridized carbons (Fsp3) is 0.625. The third-order valence-corrected chi connectivity index (χ3v) is 3.30. The molecule has 22 heavy (non-hydrogen) atoms. The second-order valence-corrected chi connectivity index (χ2v) is 5.91. The maximum absolute atomic E-state index is 12.3. The molecule has 1 aromatic heterocycles. The first-order valence-corrected chi connectivity index (χ1v) is 7.96. The zero-order chi connectivity index (χ0) is 16.5. The molecule has 0 aliphatic carbocycles. The van der Waals surface area contributed by atoms with Gasteiger partial charge in [0.2, 0.25) is 0 Å². The number of hydrogen-bond acceptors (Lipinski definition) is 3. The van der Waals surface area contributed by atoms with E-state index in [0.29, 0.717) is 36.1 Å². The summed E-state index contributed by atoms with van der Waals surface area (Å²) in [6.07, 6.45) is 4.35. The first kappa shape index (κ1) is 18.1. The van der Waals surface area contributed by atoms with Crippen molar-refractivity contribution in [2.24, 2.45) is 16.6 Å². The summed E-state index contributed by atoms with van der Waals surface area (Å²) in [5, 5.41) is 2.87. The predicted molar refractivity (Wildman–Crippen MR) is 92.0 cm³/mol. The van der Waals surface area contributed by atoms with E-state index >= 15 is 0 Å². The number of hydrogen-bond donors (Lipinski definition) is 3. The first-order valence-electron chi connectivity index (χ1n) is 7.96. The Morgan fingerprint density at radius 2 is 2.18 bits per heavy atom. The van der Waals surface area contributed by atoms with Crippen LogP contribution in [0.15, 0.2) is 17.3 Å². The average Bonchev–Trinajstić information content (AvgIpc) is 2.84. The number of nitrogens with one attached hydrogen (secondary N) is 1. The predicted octanol–water partition coefficient (Wildman–Crippen LogP) is 2.00. The fourth-order valence-corrected chi connectivity index (χ4v) is 2.03. The Labute approximate surface area is 133 Å². The molecular formula is C16H29N5O. The number of aromatic nitrogens is 1. The van der Waals surface area contributed by atoms with Crippen LogP contribution in [0.25, 0.3) is 0 Å². The van der Waals surface area contributed by atoms with Crippen LogP contribution < -0.4 is 16.8 Å². The van der Waals surface area contributed by atoms with Crippen LogP contribution in [0.5, 0.6) is 0 Å². The Kier molecular flexibility index (Phi) is 7.49. The van der Waals surface area contributed by atoms with Gasteiger partial charge in [-0.2, -0.15) is 0 Å². The molecule has 0 atom stereocenters. The van der Waals surface area contributed by atoms with Gasteiger partial charge in [0.05, 0.1) is 11.5 Å². The molecule has 0 aliphatic rings. The van der Waals surface area contributed by atoms with Crippen molar-refractivity contribution in [2.45, 2.75) is 46.6 Å². The number of nitrogen functional groups attached to an aromatic ring is 1. The summed E-state index contributed by atoms with van der Waals surface area (Å²) in [4.78, 5) is 16.5. The Bertz CT molecular complexity index is 505. The molecule has 0 unspecified atom stereocenters. The van der Waals surface area contributed by atoms with Gasteiger partial charge in [-0.1, -0.05) is 20.8 Å². The minimum atomic E-state index is -0.122. The molecule has 6 nitrogen and oxygen atoms in total. The van der Waals surface area contributed by atoms with E-state index in [2.05, 4.69) is 24.2 Å². The third-order valence-electron chi connectivity index (χ3n) is 3.30. The molecule has 0 bridgehead atoms. The minimum absolute atomic E-state index is 0.122. The molecule has 124 valence electrons. The maximum Gasteiger partial charge on any atom is 0.267 e. The lowest BCUT2D eigenvalue weighted by molar-refractivity contribution is 0.0945. The molecule has 0 aromatic carbocycles. The molecule has 0 radical (unpaired) electrons. The molecule has 1 aromatic rings. The van der Waals surface area contributed by atoms with Crippen LogP contribution >= 0.6 is 0 Å². The minimum Gasteiger partial charge on any atom is -0.397 e. The molecule has 5 N–H and O–H groups in total. The van der Waals surface area contributed by atoms with Crippen molar-refractivity contribution in [3.8, 4) is 0 Å². The van der Waals surface area contributed by atoms with Gasteiger partial charge >= 0.3 is 0 Å². The van der Waals surface area contributed by atoms with Gasteiger partial charge in [0.25, 0.3) is 5.91 Å². The van der Waals surface area contributed by atoms with Crippen molar-refractivity contribution in [3.05, 3.63) is 18.0 Å². The fourth-order valence-electron chi connectivity index (χ4n) is 2.03. The summed E-state index contributed by atoms with van der Waals surface area (Å²) in [6, 6.07) is 1.71. The zero-order valence-electron chi connectivity index (χ0n) is 13.9. The van der Waals surface area contributed by atoms with Gasteiger partial charge in [-0.15, -0.1) is 0 Å². The number of rotatable bonds is 9. The second-order valence-electron chi connectivity index (χ2n) is 5.91. The number of carbonyl (C=O) groups is 1. The topological polar surface area (TPSA) is 98.4 Å². The Balaban J connectivity index is 2.54. The zero-order valence-corrected chi connectivity index (χ0v) is 13.9. The highest BCUT2D eigenvalue weighted by atomic mass is 16.1. The Morgan fingerprint density at radius 1 is 1.45 bits per heavy atom. The van der Waals surface area contributed by atoms with Crippen LogP contribution in [0.2, 0.25) is 0 Å². The van der Waals surface area contributed by atoms with Gasteiger partial charge in [-0.25, -0.2) is 0 Å². The molecule has 0 spiro atoms. The van der Waals surface area contributed by atoms with E-state index in [0.717, 1.165) is 25.9 Å². The van der Waals surface area contributed by atoms with Crippen molar-refractivity contribution in [2.75, 3.05) is 18.8 Å². The smallest absolute Gasteiger partial charge is 0.267 e. The standard InChI is InChI=1S/C16H29N5O/c1-4-7-19-15(18)5-8-20-16(22)14-10-13(17)11-21(14)9-6-12(2)3/h10-12H,4-9,17H2,1-3H3,(H2,18,19)(H,20,22). The SMILES string of the molecule is CCCN=C(N)CCNC(=O)c1cc(N)cn1CCC(C)C. The van der Waals surface area contributed by atoms with Crippen molar-refractivity contribution in [1.82, 2.24) is 9.88 Å². The summed E-state index contributed by atoms with van der Waals surface area (Å²) >= 11 is 0. The van der Waals surface area contributed by atoms with Crippen LogP contribution in [-0.2, 0) is 6.54 Å². The van der Waals surface area contributed by atoms with E-state index < -0.39 is 0 Å². The van der Waals surface area contributed by atoms with Crippen LogP contribution in [0.3, 0.4) is 0 Å². The number of amidine groups is 1. The monoisotopic (exact) mass is 307 g/mol. The largest absolute Gasteiger partial charge is 0.397 e. The lowest BCUT2D eigenvalue weighted by Crippen LogP contribution is -2.29. The lowest BCUT2D eigenvalue weighted by Gasteiger charge is -2.11. The Morgan fingerprint density at radius 3 is 2.82 bits per heavy atom. The van der Waals surface area contributed by atoms with Gasteiger partial charge in [0.1, 0.15) is 5.69 Å². The quantitative estimate of drug-likeness (QED) is 0.480. The van der Waals surface area contributed by atoms with Crippen LogP contribution in [0.4, 0.5) is 5.69 Å². The molecule has 0 fully saturated rings. The van der Waals surface area contributed by atoms with Gasteiger partial charge in [0.15, 0.2) is 0 Å². The molecule has 0 saturated heterocycles. The van der Waals surface area contributed by atoms with Crippen LogP contribution in [0, 0.1) is 5.92 Å². The first-order chi connectivity index (χ1) is 10.4. The summed E-state index contributed by atoms with van der Waals surface area (Å²) in [5.41, 5.74) is 12.8. The van der Waals surface area contributed by atoms with E-state index in [9.17, 15) is 4.79 Å². The molecule has 6 heteroatoms. The van der Waals surface area contributed by atoms with E-state index in [1.54, 1.807) is 6.07 Å². The number of nitrogens with two attached hydrogens (primary N) is 2. The molecule has 0 saturated carbocycles. The number of carbonyl (C=O) groups excluding carboxylic acids is 1. The average molecular weight is 307 g/mol.